The molecule has 1 saturated heterocycles. The highest BCUT2D eigenvalue weighted by molar-refractivity contribution is 7.89. The third-order valence-corrected chi connectivity index (χ3v) is 5.32. The Morgan fingerprint density at radius 3 is 2.90 bits per heavy atom. The molecule has 0 amide bonds. The first kappa shape index (κ1) is 14.9. The lowest BCUT2D eigenvalue weighted by Crippen LogP contribution is -2.40. The highest BCUT2D eigenvalue weighted by Crippen LogP contribution is 2.21. The second kappa shape index (κ2) is 5.51. The summed E-state index contributed by atoms with van der Waals surface area (Å²) >= 11 is 0. The number of hydrogen-bond acceptors (Lipinski definition) is 5. The summed E-state index contributed by atoms with van der Waals surface area (Å²) in [5.41, 5.74) is 0. The van der Waals surface area contributed by atoms with E-state index in [1.807, 2.05) is 0 Å². The van der Waals surface area contributed by atoms with Crippen LogP contribution in [0.15, 0.2) is 17.3 Å². The first-order valence-corrected chi connectivity index (χ1v) is 7.61. The number of nitrogens with zero attached hydrogens (tertiary/aromatic N) is 3. The Kier molecular flexibility index (Phi) is 4.11. The van der Waals surface area contributed by atoms with Crippen molar-refractivity contribution in [1.82, 2.24) is 14.1 Å². The van der Waals surface area contributed by atoms with E-state index < -0.39 is 22.0 Å². The van der Waals surface area contributed by atoms with Gasteiger partial charge in [0.1, 0.15) is 10.9 Å². The zero-order valence-corrected chi connectivity index (χ0v) is 12.1. The molecule has 1 aliphatic rings. The van der Waals surface area contributed by atoms with Gasteiger partial charge >= 0.3 is 5.97 Å². The Morgan fingerprint density at radius 1 is 1.65 bits per heavy atom. The molecule has 1 N–H and O–H groups in total. The van der Waals surface area contributed by atoms with Crippen LogP contribution in [-0.2, 0) is 19.6 Å². The van der Waals surface area contributed by atoms with Gasteiger partial charge in [-0.25, -0.2) is 8.42 Å². The molecular formula is C11H17N3O5S. The molecule has 1 aliphatic heterocycles. The topological polar surface area (TPSA) is 102 Å². The van der Waals surface area contributed by atoms with Crippen LogP contribution < -0.4 is 0 Å². The lowest BCUT2D eigenvalue weighted by molar-refractivity contribution is -0.140. The summed E-state index contributed by atoms with van der Waals surface area (Å²) in [5, 5.41) is 12.9. The molecule has 0 saturated carbocycles. The summed E-state index contributed by atoms with van der Waals surface area (Å²) in [4.78, 5) is 10.9. The van der Waals surface area contributed by atoms with Crippen LogP contribution in [0.2, 0.25) is 0 Å². The van der Waals surface area contributed by atoms with Crippen molar-refractivity contribution in [2.24, 2.45) is 0 Å². The second-order valence-electron chi connectivity index (χ2n) is 4.71. The monoisotopic (exact) mass is 303 g/mol. The van der Waals surface area contributed by atoms with Crippen LogP contribution in [0.4, 0.5) is 0 Å². The molecule has 2 heterocycles. The quantitative estimate of drug-likeness (QED) is 0.817. The third kappa shape index (κ3) is 2.69. The minimum atomic E-state index is -3.86. The lowest BCUT2D eigenvalue weighted by Gasteiger charge is -2.19. The molecule has 0 bridgehead atoms. The Morgan fingerprint density at radius 2 is 2.35 bits per heavy atom. The van der Waals surface area contributed by atoms with Crippen LogP contribution in [-0.4, -0.2) is 59.9 Å². The molecule has 2 atom stereocenters. The van der Waals surface area contributed by atoms with Crippen molar-refractivity contribution in [1.29, 1.82) is 0 Å². The van der Waals surface area contributed by atoms with Gasteiger partial charge in [0.2, 0.25) is 10.0 Å². The molecule has 0 aromatic carbocycles. The molecule has 112 valence electrons. The SMILES string of the molecule is CC(C(=O)O)N(C)S(=O)(=O)c1cnn(C2CCOC2)c1. The molecule has 1 fully saturated rings. The van der Waals surface area contributed by atoms with Gasteiger partial charge in [0, 0.05) is 19.9 Å². The molecule has 0 radical (unpaired) electrons. The van der Waals surface area contributed by atoms with Gasteiger partial charge in [-0.05, 0) is 13.3 Å². The van der Waals surface area contributed by atoms with Crippen LogP contribution in [0.3, 0.4) is 0 Å². The van der Waals surface area contributed by atoms with Gasteiger partial charge < -0.3 is 9.84 Å². The van der Waals surface area contributed by atoms with E-state index in [4.69, 9.17) is 9.84 Å². The van der Waals surface area contributed by atoms with Gasteiger partial charge in [-0.3, -0.25) is 9.48 Å². The Hall–Kier alpha value is -1.45. The maximum absolute atomic E-state index is 12.3. The van der Waals surface area contributed by atoms with E-state index >= 15 is 0 Å². The lowest BCUT2D eigenvalue weighted by atomic mass is 10.3. The number of carbonyl (C=O) groups is 1. The molecule has 2 unspecified atom stereocenters. The average Bonchev–Trinajstić information content (AvgIpc) is 3.06. The van der Waals surface area contributed by atoms with E-state index in [2.05, 4.69) is 5.10 Å². The first-order chi connectivity index (χ1) is 9.34. The fourth-order valence-electron chi connectivity index (χ4n) is 1.91. The van der Waals surface area contributed by atoms with E-state index in [0.717, 1.165) is 10.7 Å². The van der Waals surface area contributed by atoms with Crippen LogP contribution >= 0.6 is 0 Å². The van der Waals surface area contributed by atoms with Crippen molar-refractivity contribution in [3.63, 3.8) is 0 Å². The van der Waals surface area contributed by atoms with Crippen LogP contribution in [0.1, 0.15) is 19.4 Å². The predicted molar refractivity (Wildman–Crippen MR) is 68.7 cm³/mol. The summed E-state index contributed by atoms with van der Waals surface area (Å²) in [6.45, 7) is 2.44. The molecule has 8 nitrogen and oxygen atoms in total. The Balaban J connectivity index is 2.23. The molecule has 20 heavy (non-hydrogen) atoms. The van der Waals surface area contributed by atoms with Crippen molar-refractivity contribution in [3.05, 3.63) is 12.4 Å². The number of carboxylic acids is 1. The smallest absolute Gasteiger partial charge is 0.321 e. The van der Waals surface area contributed by atoms with E-state index in [-0.39, 0.29) is 10.9 Å². The number of rotatable bonds is 5. The van der Waals surface area contributed by atoms with Crippen molar-refractivity contribution in [3.8, 4) is 0 Å². The molecule has 2 rings (SSSR count). The van der Waals surface area contributed by atoms with E-state index in [1.165, 1.54) is 26.4 Å². The molecule has 1 aromatic rings. The number of aliphatic carboxylic acids is 1. The van der Waals surface area contributed by atoms with Crippen molar-refractivity contribution in [2.45, 2.75) is 30.3 Å². The number of sulfonamides is 1. The summed E-state index contributed by atoms with van der Waals surface area (Å²) in [7, 11) is -2.62. The minimum absolute atomic E-state index is 0.0139. The number of likely N-dealkylation sites (N-methyl/N-ethyl adjacent to an activating group) is 1. The van der Waals surface area contributed by atoms with Crippen molar-refractivity contribution in [2.75, 3.05) is 20.3 Å². The van der Waals surface area contributed by atoms with Gasteiger partial charge in [-0.15, -0.1) is 0 Å². The third-order valence-electron chi connectivity index (χ3n) is 3.44. The number of ether oxygens (including phenoxy) is 1. The fraction of sp³-hybridized carbons (Fsp3) is 0.636. The normalized spacial score (nSPS) is 21.2. The molecule has 1 aromatic heterocycles. The highest BCUT2D eigenvalue weighted by atomic mass is 32.2. The van der Waals surface area contributed by atoms with Crippen LogP contribution in [0, 0.1) is 0 Å². The molecule has 9 heteroatoms. The predicted octanol–water partition coefficient (Wildman–Crippen LogP) is -0.0619. The zero-order chi connectivity index (χ0) is 14.9. The molecule has 0 aliphatic carbocycles. The summed E-state index contributed by atoms with van der Waals surface area (Å²) < 4.78 is 32.2. The van der Waals surface area contributed by atoms with Crippen molar-refractivity contribution < 1.29 is 23.1 Å². The highest BCUT2D eigenvalue weighted by Gasteiger charge is 2.31. The maximum Gasteiger partial charge on any atom is 0.321 e. The summed E-state index contributed by atoms with van der Waals surface area (Å²) in [6, 6.07) is -1.11. The standard InChI is InChI=1S/C11H17N3O5S/c1-8(11(15)16)13(2)20(17,18)10-5-12-14(6-10)9-3-4-19-7-9/h5-6,8-9H,3-4,7H2,1-2H3,(H,15,16). The van der Waals surface area contributed by atoms with Crippen LogP contribution in [0.5, 0.6) is 0 Å². The van der Waals surface area contributed by atoms with Crippen molar-refractivity contribution >= 4 is 16.0 Å². The van der Waals surface area contributed by atoms with E-state index in [1.54, 1.807) is 4.68 Å². The Labute approximate surface area is 117 Å². The first-order valence-electron chi connectivity index (χ1n) is 6.16. The number of carboxylic acid groups (broad SMARTS) is 1. The minimum Gasteiger partial charge on any atom is -0.480 e. The average molecular weight is 303 g/mol. The van der Waals surface area contributed by atoms with Gasteiger partial charge in [0.05, 0.1) is 18.8 Å². The molecule has 0 spiro atoms. The zero-order valence-electron chi connectivity index (χ0n) is 11.3. The molecular weight excluding hydrogens is 286 g/mol. The Bertz CT molecular complexity index is 591. The van der Waals surface area contributed by atoms with Gasteiger partial charge in [0.15, 0.2) is 0 Å². The van der Waals surface area contributed by atoms with Crippen LogP contribution in [0.25, 0.3) is 0 Å². The number of aromatic nitrogens is 2. The summed E-state index contributed by atoms with van der Waals surface area (Å²) in [6.07, 6.45) is 3.43. The van der Waals surface area contributed by atoms with E-state index in [9.17, 15) is 13.2 Å². The number of hydrogen-bond donors (Lipinski definition) is 1. The van der Waals surface area contributed by atoms with E-state index in [0.29, 0.717) is 13.2 Å². The van der Waals surface area contributed by atoms with Gasteiger partial charge in [-0.2, -0.15) is 9.40 Å². The summed E-state index contributed by atoms with van der Waals surface area (Å²) in [5.74, 6) is -1.20. The maximum atomic E-state index is 12.3. The van der Waals surface area contributed by atoms with Gasteiger partial charge in [-0.1, -0.05) is 0 Å². The fourth-order valence-corrected chi connectivity index (χ4v) is 3.17. The largest absolute Gasteiger partial charge is 0.480 e. The van der Waals surface area contributed by atoms with Gasteiger partial charge in [0.25, 0.3) is 0 Å². The second-order valence-corrected chi connectivity index (χ2v) is 6.71.